The highest BCUT2D eigenvalue weighted by atomic mass is 35.5. The van der Waals surface area contributed by atoms with Gasteiger partial charge < -0.3 is 15.1 Å². The number of hydrogen-bond acceptors (Lipinski definition) is 4. The molecule has 3 fully saturated rings. The minimum atomic E-state index is -0.228. The fourth-order valence-electron chi connectivity index (χ4n) is 3.61. The number of rotatable bonds is 2. The largest absolute Gasteiger partial charge is 0.334 e. The van der Waals surface area contributed by atoms with Crippen molar-refractivity contribution in [2.45, 2.75) is 50.7 Å². The average Bonchev–Trinajstić information content (AvgIpc) is 3.01. The van der Waals surface area contributed by atoms with Gasteiger partial charge in [-0.2, -0.15) is 0 Å². The first kappa shape index (κ1) is 16.9. The van der Waals surface area contributed by atoms with Crippen molar-refractivity contribution < 1.29 is 9.59 Å². The summed E-state index contributed by atoms with van der Waals surface area (Å²) in [6.45, 7) is 3.78. The van der Waals surface area contributed by atoms with Crippen molar-refractivity contribution >= 4 is 36.0 Å². The summed E-state index contributed by atoms with van der Waals surface area (Å²) in [6, 6.07) is 0.486. The lowest BCUT2D eigenvalue weighted by Gasteiger charge is -2.33. The maximum atomic E-state index is 12.9. The first-order chi connectivity index (χ1) is 9.72. The van der Waals surface area contributed by atoms with Gasteiger partial charge in [0.2, 0.25) is 11.8 Å². The summed E-state index contributed by atoms with van der Waals surface area (Å²) in [7, 11) is 0. The number of thioether (sulfide) groups is 1. The highest BCUT2D eigenvalue weighted by Crippen LogP contribution is 2.31. The van der Waals surface area contributed by atoms with Crippen LogP contribution >= 0.6 is 24.2 Å². The minimum absolute atomic E-state index is 0. The third-order valence-electron chi connectivity index (χ3n) is 4.70. The van der Waals surface area contributed by atoms with Crippen molar-refractivity contribution in [2.24, 2.45) is 0 Å². The Morgan fingerprint density at radius 2 is 2.00 bits per heavy atom. The van der Waals surface area contributed by atoms with Crippen molar-refractivity contribution in [3.05, 3.63) is 0 Å². The molecule has 1 N–H and O–H groups in total. The molecule has 3 rings (SSSR count). The SMILES string of the molecule is CCC(=O)N1CSCC1C(=O)N1C2CCNCC1CC2.Cl. The molecule has 0 aromatic carbocycles. The number of nitrogens with one attached hydrogen (secondary N) is 1. The molecule has 3 aliphatic heterocycles. The number of carbonyl (C=O) groups is 2. The van der Waals surface area contributed by atoms with Crippen molar-refractivity contribution in [3.8, 4) is 0 Å². The molecular weight excluding hydrogens is 310 g/mol. The van der Waals surface area contributed by atoms with Gasteiger partial charge in [0.1, 0.15) is 6.04 Å². The molecule has 3 heterocycles. The van der Waals surface area contributed by atoms with E-state index < -0.39 is 0 Å². The summed E-state index contributed by atoms with van der Waals surface area (Å²) in [4.78, 5) is 28.8. The Balaban J connectivity index is 0.00000161. The Labute approximate surface area is 136 Å². The number of amides is 2. The van der Waals surface area contributed by atoms with Crippen LogP contribution in [0.2, 0.25) is 0 Å². The van der Waals surface area contributed by atoms with E-state index in [1.54, 1.807) is 16.7 Å². The first-order valence-corrected chi connectivity index (χ1v) is 8.78. The molecule has 0 aromatic rings. The summed E-state index contributed by atoms with van der Waals surface area (Å²) in [6.07, 6.45) is 3.76. The van der Waals surface area contributed by atoms with E-state index >= 15 is 0 Å². The Hall–Kier alpha value is -0.460. The number of carbonyl (C=O) groups excluding carboxylic acids is 2. The number of fused-ring (bicyclic) bond motifs is 2. The molecule has 0 aromatic heterocycles. The van der Waals surface area contributed by atoms with E-state index in [4.69, 9.17) is 0 Å². The van der Waals surface area contributed by atoms with Crippen molar-refractivity contribution in [3.63, 3.8) is 0 Å². The standard InChI is InChI=1S/C14H23N3O2S.ClH/c1-2-13(18)16-9-20-8-12(16)14(19)17-10-3-4-11(17)7-15-6-5-10;/h10-12,15H,2-9H2,1H3;1H. The molecule has 0 aliphatic carbocycles. The quantitative estimate of drug-likeness (QED) is 0.821. The van der Waals surface area contributed by atoms with Crippen LogP contribution in [0.5, 0.6) is 0 Å². The van der Waals surface area contributed by atoms with Crippen LogP contribution in [0, 0.1) is 0 Å². The normalized spacial score (nSPS) is 31.8. The van der Waals surface area contributed by atoms with Gasteiger partial charge >= 0.3 is 0 Å². The number of hydrogen-bond donors (Lipinski definition) is 1. The van der Waals surface area contributed by atoms with Crippen LogP contribution in [0.4, 0.5) is 0 Å². The lowest BCUT2D eigenvalue weighted by molar-refractivity contribution is -0.145. The molecule has 2 amide bonds. The van der Waals surface area contributed by atoms with Crippen molar-refractivity contribution in [1.29, 1.82) is 0 Å². The van der Waals surface area contributed by atoms with Gasteiger partial charge in [-0.3, -0.25) is 9.59 Å². The van der Waals surface area contributed by atoms with Gasteiger partial charge in [-0.25, -0.2) is 0 Å². The van der Waals surface area contributed by atoms with Crippen LogP contribution < -0.4 is 5.32 Å². The van der Waals surface area contributed by atoms with E-state index in [1.165, 1.54) is 0 Å². The molecule has 3 aliphatic rings. The van der Waals surface area contributed by atoms with Crippen molar-refractivity contribution in [1.82, 2.24) is 15.1 Å². The van der Waals surface area contributed by atoms with Crippen LogP contribution in [0.15, 0.2) is 0 Å². The van der Waals surface area contributed by atoms with Gasteiger partial charge in [-0.05, 0) is 25.8 Å². The maximum absolute atomic E-state index is 12.9. The molecule has 7 heteroatoms. The second-order valence-corrected chi connectivity index (χ2v) is 6.86. The summed E-state index contributed by atoms with van der Waals surface area (Å²) < 4.78 is 0. The molecule has 2 bridgehead atoms. The fourth-order valence-corrected chi connectivity index (χ4v) is 4.78. The van der Waals surface area contributed by atoms with Gasteiger partial charge in [0, 0.05) is 30.8 Å². The minimum Gasteiger partial charge on any atom is -0.334 e. The number of nitrogens with zero attached hydrogens (tertiary/aromatic N) is 2. The Morgan fingerprint density at radius 1 is 1.24 bits per heavy atom. The Bertz CT molecular complexity index is 396. The van der Waals surface area contributed by atoms with Crippen LogP contribution in [-0.2, 0) is 9.59 Å². The van der Waals surface area contributed by atoms with E-state index in [-0.39, 0.29) is 30.3 Å². The lowest BCUT2D eigenvalue weighted by atomic mass is 10.1. The van der Waals surface area contributed by atoms with E-state index in [0.29, 0.717) is 24.4 Å². The summed E-state index contributed by atoms with van der Waals surface area (Å²) in [5.41, 5.74) is 0. The van der Waals surface area contributed by atoms with Gasteiger partial charge in [-0.15, -0.1) is 24.2 Å². The molecule has 3 atom stereocenters. The summed E-state index contributed by atoms with van der Waals surface area (Å²) in [5, 5.41) is 3.42. The van der Waals surface area contributed by atoms with Crippen molar-refractivity contribution in [2.75, 3.05) is 24.7 Å². The van der Waals surface area contributed by atoms with Gasteiger partial charge in [0.25, 0.3) is 0 Å². The Kier molecular flexibility index (Phi) is 5.80. The second-order valence-electron chi connectivity index (χ2n) is 5.86. The zero-order chi connectivity index (χ0) is 14.1. The molecule has 120 valence electrons. The van der Waals surface area contributed by atoms with Gasteiger partial charge in [0.15, 0.2) is 0 Å². The third kappa shape index (κ3) is 3.17. The second kappa shape index (κ2) is 7.20. The fraction of sp³-hybridized carbons (Fsp3) is 0.857. The number of halogens is 1. The average molecular weight is 334 g/mol. The molecule has 21 heavy (non-hydrogen) atoms. The van der Waals surface area contributed by atoms with Crippen LogP contribution in [-0.4, -0.2) is 64.5 Å². The Morgan fingerprint density at radius 3 is 2.76 bits per heavy atom. The molecule has 3 unspecified atom stereocenters. The monoisotopic (exact) mass is 333 g/mol. The highest BCUT2D eigenvalue weighted by Gasteiger charge is 2.44. The topological polar surface area (TPSA) is 52.7 Å². The van der Waals surface area contributed by atoms with Gasteiger partial charge in [0.05, 0.1) is 5.88 Å². The predicted octanol–water partition coefficient (Wildman–Crippen LogP) is 1.07. The lowest BCUT2D eigenvalue weighted by Crippen LogP contribution is -2.53. The van der Waals surface area contributed by atoms with E-state index in [0.717, 1.165) is 38.1 Å². The van der Waals surface area contributed by atoms with Crippen LogP contribution in [0.25, 0.3) is 0 Å². The van der Waals surface area contributed by atoms with E-state index in [2.05, 4.69) is 10.2 Å². The first-order valence-electron chi connectivity index (χ1n) is 7.62. The molecular formula is C14H24ClN3O2S. The zero-order valence-electron chi connectivity index (χ0n) is 12.4. The highest BCUT2D eigenvalue weighted by molar-refractivity contribution is 7.99. The van der Waals surface area contributed by atoms with Crippen LogP contribution in [0.1, 0.15) is 32.6 Å². The molecule has 3 saturated heterocycles. The van der Waals surface area contributed by atoms with E-state index in [1.807, 2.05) is 6.92 Å². The van der Waals surface area contributed by atoms with E-state index in [9.17, 15) is 9.59 Å². The predicted molar refractivity (Wildman–Crippen MR) is 86.6 cm³/mol. The maximum Gasteiger partial charge on any atom is 0.246 e. The smallest absolute Gasteiger partial charge is 0.246 e. The molecule has 5 nitrogen and oxygen atoms in total. The summed E-state index contributed by atoms with van der Waals surface area (Å²) in [5.74, 6) is 1.72. The third-order valence-corrected chi connectivity index (χ3v) is 5.71. The van der Waals surface area contributed by atoms with Gasteiger partial charge in [-0.1, -0.05) is 6.92 Å². The molecule has 0 spiro atoms. The van der Waals surface area contributed by atoms with Crippen LogP contribution in [0.3, 0.4) is 0 Å². The molecule has 0 saturated carbocycles. The molecule has 0 radical (unpaired) electrons. The summed E-state index contributed by atoms with van der Waals surface area (Å²) >= 11 is 1.70. The zero-order valence-corrected chi connectivity index (χ0v) is 14.0.